The smallest absolute Gasteiger partial charge is 0.123 e. The zero-order valence-corrected chi connectivity index (χ0v) is 11.7. The van der Waals surface area contributed by atoms with Crippen molar-refractivity contribution in [3.05, 3.63) is 35.6 Å². The van der Waals surface area contributed by atoms with E-state index in [9.17, 15) is 4.39 Å². The molecule has 0 saturated carbocycles. The predicted molar refractivity (Wildman–Crippen MR) is 74.9 cm³/mol. The summed E-state index contributed by atoms with van der Waals surface area (Å²) in [5, 5.41) is 3.44. The van der Waals surface area contributed by atoms with Crippen LogP contribution in [0.1, 0.15) is 32.3 Å². The molecule has 1 nitrogen and oxygen atoms in total. The number of hydrogen-bond acceptors (Lipinski definition) is 2. The van der Waals surface area contributed by atoms with Gasteiger partial charge in [-0.3, -0.25) is 0 Å². The Morgan fingerprint density at radius 3 is 2.53 bits per heavy atom. The van der Waals surface area contributed by atoms with Gasteiger partial charge in [0.2, 0.25) is 0 Å². The second-order valence-electron chi connectivity index (χ2n) is 4.33. The van der Waals surface area contributed by atoms with Crippen LogP contribution in [0.25, 0.3) is 0 Å². The molecule has 1 aromatic carbocycles. The second-order valence-corrected chi connectivity index (χ2v) is 5.60. The summed E-state index contributed by atoms with van der Waals surface area (Å²) < 4.78 is 13.3. The van der Waals surface area contributed by atoms with Crippen molar-refractivity contribution >= 4 is 11.8 Å². The summed E-state index contributed by atoms with van der Waals surface area (Å²) in [7, 11) is 0. The normalized spacial score (nSPS) is 11.8. The first-order valence-electron chi connectivity index (χ1n) is 6.16. The minimum absolute atomic E-state index is 0.161. The van der Waals surface area contributed by atoms with Crippen LogP contribution in [-0.2, 0) is 6.54 Å². The van der Waals surface area contributed by atoms with E-state index in [0.29, 0.717) is 4.75 Å². The van der Waals surface area contributed by atoms with Crippen molar-refractivity contribution < 1.29 is 4.39 Å². The number of rotatable bonds is 7. The molecule has 0 heterocycles. The van der Waals surface area contributed by atoms with E-state index in [1.54, 1.807) is 12.1 Å². The Morgan fingerprint density at radius 1 is 1.29 bits per heavy atom. The molecule has 1 N–H and O–H groups in total. The van der Waals surface area contributed by atoms with E-state index in [0.717, 1.165) is 31.5 Å². The minimum Gasteiger partial charge on any atom is -0.311 e. The Kier molecular flexibility index (Phi) is 6.00. The lowest BCUT2D eigenvalue weighted by Crippen LogP contribution is -2.36. The monoisotopic (exact) mass is 255 g/mol. The van der Waals surface area contributed by atoms with Gasteiger partial charge in [-0.2, -0.15) is 11.8 Å². The molecule has 17 heavy (non-hydrogen) atoms. The van der Waals surface area contributed by atoms with Gasteiger partial charge in [0.1, 0.15) is 5.82 Å². The third-order valence-corrected chi connectivity index (χ3v) is 4.97. The molecule has 0 aliphatic carbocycles. The summed E-state index contributed by atoms with van der Waals surface area (Å²) in [5.41, 5.74) is 1.01. The standard InChI is InChI=1S/C14H22FNS/c1-4-14(5-2,17-3)11-16-10-12-7-6-8-13(15)9-12/h6-9,16H,4-5,10-11H2,1-3H3. The zero-order chi connectivity index (χ0) is 12.7. The van der Waals surface area contributed by atoms with Crippen molar-refractivity contribution in [1.29, 1.82) is 0 Å². The third-order valence-electron chi connectivity index (χ3n) is 3.39. The summed E-state index contributed by atoms with van der Waals surface area (Å²) in [6.45, 7) is 6.16. The molecular formula is C14H22FNS. The van der Waals surface area contributed by atoms with Gasteiger partial charge in [-0.15, -0.1) is 0 Å². The molecule has 0 aliphatic heterocycles. The van der Waals surface area contributed by atoms with Gasteiger partial charge in [0.15, 0.2) is 0 Å². The van der Waals surface area contributed by atoms with E-state index in [-0.39, 0.29) is 5.82 Å². The van der Waals surface area contributed by atoms with E-state index in [1.165, 1.54) is 6.07 Å². The van der Waals surface area contributed by atoms with Crippen LogP contribution in [0.15, 0.2) is 24.3 Å². The van der Waals surface area contributed by atoms with E-state index >= 15 is 0 Å². The van der Waals surface area contributed by atoms with Crippen molar-refractivity contribution in [3.63, 3.8) is 0 Å². The maximum Gasteiger partial charge on any atom is 0.123 e. The van der Waals surface area contributed by atoms with Crippen molar-refractivity contribution in [2.45, 2.75) is 38.0 Å². The first kappa shape index (κ1) is 14.5. The van der Waals surface area contributed by atoms with E-state index < -0.39 is 0 Å². The number of hydrogen-bond donors (Lipinski definition) is 1. The Hall–Kier alpha value is -0.540. The van der Waals surface area contributed by atoms with Gasteiger partial charge < -0.3 is 5.32 Å². The summed E-state index contributed by atoms with van der Waals surface area (Å²) >= 11 is 1.92. The zero-order valence-electron chi connectivity index (χ0n) is 10.9. The fourth-order valence-electron chi connectivity index (χ4n) is 1.94. The minimum atomic E-state index is -0.161. The molecule has 96 valence electrons. The molecule has 0 fully saturated rings. The molecule has 3 heteroatoms. The van der Waals surface area contributed by atoms with Crippen LogP contribution in [0.2, 0.25) is 0 Å². The molecule has 0 amide bonds. The number of halogens is 1. The summed E-state index contributed by atoms with van der Waals surface area (Å²) in [4.78, 5) is 0. The largest absolute Gasteiger partial charge is 0.311 e. The molecule has 0 radical (unpaired) electrons. The Labute approximate surface area is 108 Å². The lowest BCUT2D eigenvalue weighted by Gasteiger charge is -2.30. The van der Waals surface area contributed by atoms with Gasteiger partial charge in [-0.25, -0.2) is 4.39 Å². The number of benzene rings is 1. The highest BCUT2D eigenvalue weighted by Crippen LogP contribution is 2.29. The van der Waals surface area contributed by atoms with Crippen molar-refractivity contribution in [2.24, 2.45) is 0 Å². The summed E-state index contributed by atoms with van der Waals surface area (Å²) in [6, 6.07) is 6.78. The molecule has 0 aromatic heterocycles. The van der Waals surface area contributed by atoms with E-state index in [2.05, 4.69) is 25.4 Å². The van der Waals surface area contributed by atoms with Gasteiger partial charge in [-0.1, -0.05) is 26.0 Å². The lowest BCUT2D eigenvalue weighted by molar-refractivity contribution is 0.494. The van der Waals surface area contributed by atoms with Gasteiger partial charge in [-0.05, 0) is 36.8 Å². The van der Waals surface area contributed by atoms with Crippen LogP contribution in [0, 0.1) is 5.82 Å². The quantitative estimate of drug-likeness (QED) is 0.794. The molecule has 0 atom stereocenters. The van der Waals surface area contributed by atoms with Gasteiger partial charge in [0, 0.05) is 17.8 Å². The molecule has 0 aliphatic rings. The highest BCUT2D eigenvalue weighted by atomic mass is 32.2. The molecule has 1 rings (SSSR count). The molecular weight excluding hydrogens is 233 g/mol. The average molecular weight is 255 g/mol. The highest BCUT2D eigenvalue weighted by Gasteiger charge is 2.23. The van der Waals surface area contributed by atoms with Gasteiger partial charge in [0.25, 0.3) is 0 Å². The number of thioether (sulfide) groups is 1. The Balaban J connectivity index is 2.46. The molecule has 0 spiro atoms. The van der Waals surface area contributed by atoms with Crippen LogP contribution in [0.3, 0.4) is 0 Å². The molecule has 1 aromatic rings. The predicted octanol–water partition coefficient (Wildman–Crippen LogP) is 3.84. The topological polar surface area (TPSA) is 12.0 Å². The van der Waals surface area contributed by atoms with Crippen molar-refractivity contribution in [1.82, 2.24) is 5.32 Å². The first-order valence-corrected chi connectivity index (χ1v) is 7.38. The summed E-state index contributed by atoms with van der Waals surface area (Å²) in [5.74, 6) is -0.161. The Morgan fingerprint density at radius 2 is 2.00 bits per heavy atom. The Bertz CT molecular complexity index is 328. The van der Waals surface area contributed by atoms with Gasteiger partial charge in [0.05, 0.1) is 0 Å². The molecule has 0 bridgehead atoms. The SMILES string of the molecule is CCC(CC)(CNCc1cccc(F)c1)SC. The van der Waals surface area contributed by atoms with E-state index in [1.807, 2.05) is 17.8 Å². The first-order chi connectivity index (χ1) is 8.15. The summed E-state index contributed by atoms with van der Waals surface area (Å²) in [6.07, 6.45) is 4.47. The van der Waals surface area contributed by atoms with Crippen LogP contribution < -0.4 is 5.32 Å². The van der Waals surface area contributed by atoms with Crippen LogP contribution in [0.5, 0.6) is 0 Å². The van der Waals surface area contributed by atoms with Crippen molar-refractivity contribution in [3.8, 4) is 0 Å². The van der Waals surface area contributed by atoms with Gasteiger partial charge >= 0.3 is 0 Å². The van der Waals surface area contributed by atoms with Crippen LogP contribution in [0.4, 0.5) is 4.39 Å². The molecule has 0 saturated heterocycles. The fraction of sp³-hybridized carbons (Fsp3) is 0.571. The maximum absolute atomic E-state index is 13.0. The van der Waals surface area contributed by atoms with Crippen molar-refractivity contribution in [2.75, 3.05) is 12.8 Å². The van der Waals surface area contributed by atoms with E-state index in [4.69, 9.17) is 0 Å². The second kappa shape index (κ2) is 7.02. The fourth-order valence-corrected chi connectivity index (χ4v) is 2.77. The highest BCUT2D eigenvalue weighted by molar-refractivity contribution is 8.00. The third kappa shape index (κ3) is 4.32. The average Bonchev–Trinajstić information content (AvgIpc) is 2.35. The van der Waals surface area contributed by atoms with Crippen LogP contribution >= 0.6 is 11.8 Å². The lowest BCUT2D eigenvalue weighted by atomic mass is 10.0. The number of nitrogens with one attached hydrogen (secondary N) is 1. The maximum atomic E-state index is 13.0. The van der Waals surface area contributed by atoms with Crippen LogP contribution in [-0.4, -0.2) is 17.5 Å². The molecule has 0 unspecified atom stereocenters.